The molecule has 402 valence electrons. The Labute approximate surface area is 506 Å². The van der Waals surface area contributed by atoms with Crippen molar-refractivity contribution < 1.29 is 0 Å². The third-order valence-electron chi connectivity index (χ3n) is 17.4. The Bertz CT molecular complexity index is 5400. The van der Waals surface area contributed by atoms with Gasteiger partial charge in [-0.15, -0.1) is 22.7 Å². The van der Waals surface area contributed by atoms with E-state index in [1.54, 1.807) is 0 Å². The van der Waals surface area contributed by atoms with Crippen molar-refractivity contribution in [2.45, 2.75) is 0 Å². The standard InChI is InChI=1S/C82H52N2S2/c1-4-16-53(17-5-1)60-36-47-76(72(50-60)55-20-8-3-9-21-55)84(64-42-49-80-74(52-64)69-24-12-15-27-78(69)86-80)62-39-30-57(31-40-62)66-44-33-59-34-45-70-65(43-32-58-35-46-71(66)82(59)81(58)70)56-28-37-61(38-29-56)83(75-25-13-10-22-67(75)54-18-6-2-7-19-54)63-41-48-79-73(51-63)68-23-11-14-26-77(68)85-79/h1-52H. The van der Waals surface area contributed by atoms with E-state index in [1.807, 2.05) is 22.7 Å². The summed E-state index contributed by atoms with van der Waals surface area (Å²) in [5, 5.41) is 12.7. The highest BCUT2D eigenvalue weighted by atomic mass is 32.1. The first kappa shape index (κ1) is 49.9. The number of fused-ring (bicyclic) bond motifs is 6. The van der Waals surface area contributed by atoms with Crippen molar-refractivity contribution in [2.24, 2.45) is 0 Å². The summed E-state index contributed by atoms with van der Waals surface area (Å²) in [6.07, 6.45) is 0. The maximum atomic E-state index is 2.46. The molecule has 2 heterocycles. The normalized spacial score (nSPS) is 11.7. The minimum Gasteiger partial charge on any atom is -0.310 e. The minimum atomic E-state index is 1.09. The Balaban J connectivity index is 0.768. The number of hydrogen-bond acceptors (Lipinski definition) is 4. The third-order valence-corrected chi connectivity index (χ3v) is 19.7. The second-order valence-corrected chi connectivity index (χ2v) is 24.5. The molecule has 0 aliphatic heterocycles. The van der Waals surface area contributed by atoms with Crippen LogP contribution in [0.1, 0.15) is 0 Å². The summed E-state index contributed by atoms with van der Waals surface area (Å²) in [5.41, 5.74) is 18.5. The van der Waals surface area contributed by atoms with Crippen LogP contribution in [0.15, 0.2) is 315 Å². The smallest absolute Gasteiger partial charge is 0.0540 e. The lowest BCUT2D eigenvalue weighted by Crippen LogP contribution is -2.11. The first-order valence-electron chi connectivity index (χ1n) is 29.4. The van der Waals surface area contributed by atoms with Gasteiger partial charge in [0.1, 0.15) is 0 Å². The Kier molecular flexibility index (Phi) is 12.0. The second-order valence-electron chi connectivity index (χ2n) is 22.3. The zero-order valence-electron chi connectivity index (χ0n) is 46.7. The first-order chi connectivity index (χ1) is 42.6. The summed E-state index contributed by atoms with van der Waals surface area (Å²) in [6, 6.07) is 117. The molecule has 0 atom stereocenters. The highest BCUT2D eigenvalue weighted by Crippen LogP contribution is 2.49. The van der Waals surface area contributed by atoms with Crippen LogP contribution in [0, 0.1) is 0 Å². The van der Waals surface area contributed by atoms with E-state index in [0.29, 0.717) is 0 Å². The van der Waals surface area contributed by atoms with E-state index in [-0.39, 0.29) is 0 Å². The summed E-state index contributed by atoms with van der Waals surface area (Å²) >= 11 is 3.71. The summed E-state index contributed by atoms with van der Waals surface area (Å²) < 4.78 is 5.18. The molecule has 2 aromatic heterocycles. The van der Waals surface area contributed by atoms with Crippen LogP contribution in [0.25, 0.3) is 128 Å². The van der Waals surface area contributed by atoms with E-state index in [0.717, 1.165) is 34.1 Å². The number of nitrogens with zero attached hydrogens (tertiary/aromatic N) is 2. The van der Waals surface area contributed by atoms with Crippen molar-refractivity contribution in [1.82, 2.24) is 0 Å². The van der Waals surface area contributed by atoms with Crippen molar-refractivity contribution in [1.29, 1.82) is 0 Å². The van der Waals surface area contributed by atoms with E-state index >= 15 is 0 Å². The molecule has 17 rings (SSSR count). The Hall–Kier alpha value is -10.6. The van der Waals surface area contributed by atoms with Crippen LogP contribution in [0.2, 0.25) is 0 Å². The van der Waals surface area contributed by atoms with Crippen LogP contribution in [0.3, 0.4) is 0 Å². The fourth-order valence-electron chi connectivity index (χ4n) is 13.4. The SMILES string of the molecule is c1ccc(-c2ccc(N(c3ccc(-c4ccc5ccc6c(-c7ccc(N(c8ccc9sc%10ccccc%10c9c8)c8ccccc8-c8ccccc8)cc7)ccc7ccc4c5c76)cc3)c3ccc4sc5ccccc5c4c3)c(-c3ccccc3)c2)cc1. The molecule has 15 aromatic carbocycles. The molecule has 4 heteroatoms. The van der Waals surface area contributed by atoms with E-state index in [2.05, 4.69) is 325 Å². The summed E-state index contributed by atoms with van der Waals surface area (Å²) in [5.74, 6) is 0. The van der Waals surface area contributed by atoms with E-state index in [9.17, 15) is 0 Å². The highest BCUT2D eigenvalue weighted by Gasteiger charge is 2.23. The number of hydrogen-bond donors (Lipinski definition) is 0. The van der Waals surface area contributed by atoms with Gasteiger partial charge in [-0.3, -0.25) is 0 Å². The summed E-state index contributed by atoms with van der Waals surface area (Å²) in [4.78, 5) is 4.89. The van der Waals surface area contributed by atoms with Crippen molar-refractivity contribution >= 4 is 129 Å². The zero-order chi connectivity index (χ0) is 56.7. The van der Waals surface area contributed by atoms with Gasteiger partial charge in [0.15, 0.2) is 0 Å². The van der Waals surface area contributed by atoms with E-state index in [4.69, 9.17) is 0 Å². The number of para-hydroxylation sites is 1. The predicted molar refractivity (Wildman–Crippen MR) is 372 cm³/mol. The molecule has 0 bridgehead atoms. The van der Waals surface area contributed by atoms with Crippen molar-refractivity contribution in [2.75, 3.05) is 9.80 Å². The van der Waals surface area contributed by atoms with Crippen molar-refractivity contribution in [3.05, 3.63) is 315 Å². The lowest BCUT2D eigenvalue weighted by Gasteiger charge is -2.29. The van der Waals surface area contributed by atoms with Crippen molar-refractivity contribution in [3.8, 4) is 55.6 Å². The van der Waals surface area contributed by atoms with E-state index in [1.165, 1.54) is 128 Å². The van der Waals surface area contributed by atoms with E-state index < -0.39 is 0 Å². The van der Waals surface area contributed by atoms with Crippen LogP contribution in [0.4, 0.5) is 34.1 Å². The molecule has 0 N–H and O–H groups in total. The Morgan fingerprint density at radius 1 is 0.198 bits per heavy atom. The van der Waals surface area contributed by atoms with Gasteiger partial charge in [-0.25, -0.2) is 0 Å². The Morgan fingerprint density at radius 3 is 1.10 bits per heavy atom. The molecule has 0 amide bonds. The predicted octanol–water partition coefficient (Wildman–Crippen LogP) is 24.6. The lowest BCUT2D eigenvalue weighted by molar-refractivity contribution is 1.29. The highest BCUT2D eigenvalue weighted by molar-refractivity contribution is 7.26. The van der Waals surface area contributed by atoms with Gasteiger partial charge in [-0.1, -0.05) is 224 Å². The van der Waals surface area contributed by atoms with Crippen LogP contribution in [-0.4, -0.2) is 0 Å². The molecule has 0 unspecified atom stereocenters. The maximum Gasteiger partial charge on any atom is 0.0540 e. The van der Waals surface area contributed by atoms with Crippen LogP contribution in [-0.2, 0) is 0 Å². The first-order valence-corrected chi connectivity index (χ1v) is 31.0. The summed E-state index contributed by atoms with van der Waals surface area (Å²) in [6.45, 7) is 0. The van der Waals surface area contributed by atoms with Crippen LogP contribution in [0.5, 0.6) is 0 Å². The number of anilines is 6. The number of benzene rings is 15. The quantitative estimate of drug-likeness (QED) is 0.119. The molecular weight excluding hydrogens is 1080 g/mol. The Morgan fingerprint density at radius 2 is 0.581 bits per heavy atom. The van der Waals surface area contributed by atoms with Gasteiger partial charge in [0.25, 0.3) is 0 Å². The monoisotopic (exact) mass is 1130 g/mol. The largest absolute Gasteiger partial charge is 0.310 e. The molecule has 0 saturated heterocycles. The fraction of sp³-hybridized carbons (Fsp3) is 0. The van der Waals surface area contributed by atoms with Crippen LogP contribution < -0.4 is 9.80 Å². The van der Waals surface area contributed by atoms with Gasteiger partial charge < -0.3 is 9.80 Å². The molecule has 0 fully saturated rings. The number of rotatable bonds is 11. The van der Waals surface area contributed by atoms with Crippen LogP contribution >= 0.6 is 22.7 Å². The lowest BCUT2D eigenvalue weighted by atomic mass is 9.87. The molecule has 0 aliphatic rings. The van der Waals surface area contributed by atoms with Gasteiger partial charge in [-0.2, -0.15) is 0 Å². The van der Waals surface area contributed by atoms with Gasteiger partial charge in [0, 0.05) is 74.2 Å². The molecule has 0 saturated carbocycles. The molecule has 2 nitrogen and oxygen atoms in total. The molecular formula is C82H52N2S2. The topological polar surface area (TPSA) is 6.48 Å². The third kappa shape index (κ3) is 8.44. The van der Waals surface area contributed by atoms with Gasteiger partial charge in [0.2, 0.25) is 0 Å². The molecule has 0 aliphatic carbocycles. The van der Waals surface area contributed by atoms with Gasteiger partial charge >= 0.3 is 0 Å². The maximum absolute atomic E-state index is 2.46. The average Bonchev–Trinajstić information content (AvgIpc) is 1.42. The minimum absolute atomic E-state index is 1.09. The zero-order valence-corrected chi connectivity index (χ0v) is 48.4. The van der Waals surface area contributed by atoms with Crippen molar-refractivity contribution in [3.63, 3.8) is 0 Å². The molecule has 0 radical (unpaired) electrons. The molecule has 17 aromatic rings. The van der Waals surface area contributed by atoms with Gasteiger partial charge in [0.05, 0.1) is 11.4 Å². The average molecular weight is 1130 g/mol. The number of thiophene rings is 2. The second kappa shape index (κ2) is 20.6. The fourth-order valence-corrected chi connectivity index (χ4v) is 15.5. The molecule has 0 spiro atoms. The molecule has 86 heavy (non-hydrogen) atoms. The summed E-state index contributed by atoms with van der Waals surface area (Å²) in [7, 11) is 0. The van der Waals surface area contributed by atoms with Gasteiger partial charge in [-0.05, 0) is 168 Å².